The van der Waals surface area contributed by atoms with Crippen LogP contribution in [0.1, 0.15) is 28.7 Å². The first-order valence-electron chi connectivity index (χ1n) is 5.73. The highest BCUT2D eigenvalue weighted by Crippen LogP contribution is 2.25. The molecule has 0 spiro atoms. The predicted octanol–water partition coefficient (Wildman–Crippen LogP) is 2.23. The fourth-order valence-corrected chi connectivity index (χ4v) is 1.90. The molecule has 2 aromatic heterocycles. The van der Waals surface area contributed by atoms with Gasteiger partial charge in [0.25, 0.3) is 0 Å². The summed E-state index contributed by atoms with van der Waals surface area (Å²) in [6.45, 7) is 4.69. The lowest BCUT2D eigenvalue weighted by atomic mass is 10.1. The van der Waals surface area contributed by atoms with Gasteiger partial charge in [0.1, 0.15) is 17.1 Å². The number of carbonyl (C=O) groups is 1. The van der Waals surface area contributed by atoms with Crippen molar-refractivity contribution in [3.05, 3.63) is 45.6 Å². The second-order valence-corrected chi connectivity index (χ2v) is 4.29. The van der Waals surface area contributed by atoms with Crippen LogP contribution < -0.4 is 5.63 Å². The summed E-state index contributed by atoms with van der Waals surface area (Å²) in [5.74, 6) is 0.0382. The molecule has 0 bridgehead atoms. The summed E-state index contributed by atoms with van der Waals surface area (Å²) in [7, 11) is 0. The highest BCUT2D eigenvalue weighted by molar-refractivity contribution is 5.95. The molecule has 0 aromatic carbocycles. The van der Waals surface area contributed by atoms with Crippen LogP contribution >= 0.6 is 0 Å². The van der Waals surface area contributed by atoms with Crippen LogP contribution in [0.4, 0.5) is 0 Å². The quantitative estimate of drug-likeness (QED) is 0.836. The Labute approximate surface area is 109 Å². The monoisotopic (exact) mass is 259 g/mol. The van der Waals surface area contributed by atoms with Gasteiger partial charge in [-0.15, -0.1) is 0 Å². The second kappa shape index (κ2) is 4.68. The Morgan fingerprint density at radius 3 is 2.53 bits per heavy atom. The Hall–Kier alpha value is -2.43. The van der Waals surface area contributed by atoms with Gasteiger partial charge in [-0.1, -0.05) is 0 Å². The minimum absolute atomic E-state index is 0.00352. The van der Waals surface area contributed by atoms with Crippen LogP contribution in [0.3, 0.4) is 0 Å². The topological polar surface area (TPSA) is 80.4 Å². The third-order valence-corrected chi connectivity index (χ3v) is 2.78. The van der Waals surface area contributed by atoms with Crippen molar-refractivity contribution in [1.82, 2.24) is 4.98 Å². The van der Waals surface area contributed by atoms with E-state index in [-0.39, 0.29) is 22.8 Å². The zero-order chi connectivity index (χ0) is 14.2. The molecule has 1 N–H and O–H groups in total. The van der Waals surface area contributed by atoms with Gasteiger partial charge in [0.2, 0.25) is 0 Å². The van der Waals surface area contributed by atoms with E-state index in [9.17, 15) is 14.7 Å². The molecule has 0 saturated carbocycles. The number of aromatic nitrogens is 1. The number of aryl methyl sites for hydroxylation is 2. The van der Waals surface area contributed by atoms with Crippen molar-refractivity contribution < 1.29 is 14.3 Å². The molecule has 0 amide bonds. The van der Waals surface area contributed by atoms with Gasteiger partial charge in [-0.2, -0.15) is 0 Å². The Balaban J connectivity index is 2.64. The molecule has 5 heteroatoms. The molecular weight excluding hydrogens is 246 g/mol. The van der Waals surface area contributed by atoms with Gasteiger partial charge in [0, 0.05) is 17.3 Å². The predicted molar refractivity (Wildman–Crippen MR) is 69.4 cm³/mol. The summed E-state index contributed by atoms with van der Waals surface area (Å²) in [5, 5.41) is 9.83. The van der Waals surface area contributed by atoms with E-state index in [0.717, 1.165) is 0 Å². The van der Waals surface area contributed by atoms with Crippen LogP contribution in [-0.2, 0) is 0 Å². The van der Waals surface area contributed by atoms with E-state index in [1.165, 1.54) is 19.1 Å². The average molecular weight is 259 g/mol. The van der Waals surface area contributed by atoms with Crippen LogP contribution in [0.5, 0.6) is 5.75 Å². The molecule has 19 heavy (non-hydrogen) atoms. The number of hydrogen-bond acceptors (Lipinski definition) is 5. The summed E-state index contributed by atoms with van der Waals surface area (Å²) in [5.41, 5.74) is 0.627. The molecule has 0 atom stereocenters. The minimum atomic E-state index is -0.653. The fraction of sp³-hybridized carbons (Fsp3) is 0.214. The molecule has 0 unspecified atom stereocenters. The van der Waals surface area contributed by atoms with E-state index >= 15 is 0 Å². The number of hydrogen-bond donors (Lipinski definition) is 1. The van der Waals surface area contributed by atoms with Gasteiger partial charge in [0.05, 0.1) is 5.69 Å². The van der Waals surface area contributed by atoms with Crippen molar-refractivity contribution in [3.63, 3.8) is 0 Å². The average Bonchev–Trinajstić information content (AvgIpc) is 2.26. The van der Waals surface area contributed by atoms with E-state index in [4.69, 9.17) is 4.42 Å². The molecular formula is C14H13NO4. The number of pyridine rings is 1. The number of nitrogens with zero attached hydrogens (tertiary/aromatic N) is 1. The summed E-state index contributed by atoms with van der Waals surface area (Å²) in [6, 6.07) is 4.45. The van der Waals surface area contributed by atoms with Gasteiger partial charge < -0.3 is 9.52 Å². The molecule has 0 aliphatic heterocycles. The first-order valence-corrected chi connectivity index (χ1v) is 5.73. The van der Waals surface area contributed by atoms with Gasteiger partial charge in [-0.3, -0.25) is 9.78 Å². The first-order chi connectivity index (χ1) is 8.90. The van der Waals surface area contributed by atoms with Crippen LogP contribution in [0.25, 0.3) is 11.3 Å². The maximum atomic E-state index is 11.8. The molecule has 0 radical (unpaired) electrons. The summed E-state index contributed by atoms with van der Waals surface area (Å²) in [4.78, 5) is 27.3. The van der Waals surface area contributed by atoms with Crippen molar-refractivity contribution in [2.24, 2.45) is 0 Å². The summed E-state index contributed by atoms with van der Waals surface area (Å²) >= 11 is 0. The number of rotatable bonds is 2. The smallest absolute Gasteiger partial charge is 0.349 e. The van der Waals surface area contributed by atoms with E-state index < -0.39 is 5.63 Å². The van der Waals surface area contributed by atoms with E-state index in [1.807, 2.05) is 0 Å². The molecule has 0 fully saturated rings. The zero-order valence-corrected chi connectivity index (χ0v) is 10.9. The standard InChI is InChI=1S/C14H13NO4/c1-7-6-12(17)13(14(18)19-7)11-5-4-10(9(3)16)8(2)15-11/h4-6,17H,1-3H3. The molecule has 0 aliphatic carbocycles. The van der Waals surface area contributed by atoms with Crippen LogP contribution in [-0.4, -0.2) is 15.9 Å². The minimum Gasteiger partial charge on any atom is -0.507 e. The van der Waals surface area contributed by atoms with E-state index in [0.29, 0.717) is 17.0 Å². The lowest BCUT2D eigenvalue weighted by molar-refractivity contribution is 0.101. The van der Waals surface area contributed by atoms with Crippen LogP contribution in [0.15, 0.2) is 27.4 Å². The molecule has 5 nitrogen and oxygen atoms in total. The number of Topliss-reactive ketones (excluding diaryl/α,β-unsaturated/α-hetero) is 1. The van der Waals surface area contributed by atoms with Crippen LogP contribution in [0, 0.1) is 13.8 Å². The Kier molecular flexibility index (Phi) is 3.21. The highest BCUT2D eigenvalue weighted by atomic mass is 16.4. The van der Waals surface area contributed by atoms with Crippen molar-refractivity contribution in [2.75, 3.05) is 0 Å². The molecule has 2 rings (SSSR count). The Morgan fingerprint density at radius 1 is 1.32 bits per heavy atom. The largest absolute Gasteiger partial charge is 0.507 e. The maximum absolute atomic E-state index is 11.8. The van der Waals surface area contributed by atoms with Gasteiger partial charge >= 0.3 is 5.63 Å². The Morgan fingerprint density at radius 2 is 2.00 bits per heavy atom. The highest BCUT2D eigenvalue weighted by Gasteiger charge is 2.15. The second-order valence-electron chi connectivity index (χ2n) is 4.29. The van der Waals surface area contributed by atoms with Gasteiger partial charge in [-0.05, 0) is 32.9 Å². The maximum Gasteiger partial charge on any atom is 0.349 e. The van der Waals surface area contributed by atoms with E-state index in [2.05, 4.69) is 4.98 Å². The van der Waals surface area contributed by atoms with Crippen molar-refractivity contribution in [3.8, 4) is 17.0 Å². The lowest BCUT2D eigenvalue weighted by Gasteiger charge is -2.06. The van der Waals surface area contributed by atoms with E-state index in [1.54, 1.807) is 19.9 Å². The normalized spacial score (nSPS) is 10.5. The fourth-order valence-electron chi connectivity index (χ4n) is 1.90. The Bertz CT molecular complexity index is 716. The molecule has 0 saturated heterocycles. The number of carbonyl (C=O) groups excluding carboxylic acids is 1. The molecule has 0 aliphatic rings. The van der Waals surface area contributed by atoms with Crippen LogP contribution in [0.2, 0.25) is 0 Å². The van der Waals surface area contributed by atoms with Gasteiger partial charge in [0.15, 0.2) is 5.78 Å². The lowest BCUT2D eigenvalue weighted by Crippen LogP contribution is -2.07. The van der Waals surface area contributed by atoms with Crippen molar-refractivity contribution in [1.29, 1.82) is 0 Å². The summed E-state index contributed by atoms with van der Waals surface area (Å²) < 4.78 is 4.94. The number of ketones is 1. The third-order valence-electron chi connectivity index (χ3n) is 2.78. The van der Waals surface area contributed by atoms with Crippen molar-refractivity contribution in [2.45, 2.75) is 20.8 Å². The molecule has 98 valence electrons. The zero-order valence-electron chi connectivity index (χ0n) is 10.9. The number of aromatic hydroxyl groups is 1. The SMILES string of the molecule is CC(=O)c1ccc(-c2c(O)cc(C)oc2=O)nc1C. The first kappa shape index (κ1) is 13.0. The van der Waals surface area contributed by atoms with Gasteiger partial charge in [-0.25, -0.2) is 4.79 Å². The summed E-state index contributed by atoms with van der Waals surface area (Å²) in [6.07, 6.45) is 0. The van der Waals surface area contributed by atoms with Crippen molar-refractivity contribution >= 4 is 5.78 Å². The molecule has 2 aromatic rings. The third kappa shape index (κ3) is 2.40. The molecule has 2 heterocycles.